The van der Waals surface area contributed by atoms with Gasteiger partial charge in [0, 0.05) is 0 Å². The molecular formula is C15H24Cl2NO2+. The summed E-state index contributed by atoms with van der Waals surface area (Å²) in [6, 6.07) is 5.21. The van der Waals surface area contributed by atoms with Gasteiger partial charge in [0.05, 0.1) is 23.1 Å². The minimum atomic E-state index is -0.518. The first-order valence-electron chi connectivity index (χ1n) is 7.16. The Bertz CT molecular complexity index is 375. The van der Waals surface area contributed by atoms with Gasteiger partial charge in [0.15, 0.2) is 5.75 Å². The van der Waals surface area contributed by atoms with Gasteiger partial charge in [-0.3, -0.25) is 0 Å². The van der Waals surface area contributed by atoms with E-state index >= 15 is 0 Å². The van der Waals surface area contributed by atoms with Crippen molar-refractivity contribution in [3.8, 4) is 5.75 Å². The molecule has 1 aromatic carbocycles. The van der Waals surface area contributed by atoms with Crippen LogP contribution >= 0.6 is 23.2 Å². The van der Waals surface area contributed by atoms with Crippen molar-refractivity contribution in [1.29, 1.82) is 0 Å². The molecule has 0 aliphatic rings. The van der Waals surface area contributed by atoms with Gasteiger partial charge in [0.1, 0.15) is 19.3 Å². The molecule has 0 amide bonds. The van der Waals surface area contributed by atoms with Crippen molar-refractivity contribution in [2.45, 2.75) is 32.8 Å². The molecule has 1 rings (SSSR count). The minimum absolute atomic E-state index is 0.209. The van der Waals surface area contributed by atoms with E-state index in [0.29, 0.717) is 22.3 Å². The van der Waals surface area contributed by atoms with E-state index < -0.39 is 6.10 Å². The number of hydrogen-bond donors (Lipinski definition) is 2. The van der Waals surface area contributed by atoms with Crippen LogP contribution in [0.4, 0.5) is 0 Å². The van der Waals surface area contributed by atoms with Crippen LogP contribution in [0, 0.1) is 0 Å². The second kappa shape index (κ2) is 9.46. The first-order chi connectivity index (χ1) is 9.58. The smallest absolute Gasteiger partial charge is 0.156 e. The van der Waals surface area contributed by atoms with Crippen LogP contribution < -0.4 is 9.64 Å². The minimum Gasteiger partial charge on any atom is -0.488 e. The Hall–Kier alpha value is -0.480. The summed E-state index contributed by atoms with van der Waals surface area (Å²) in [6.45, 7) is 7.34. The highest BCUT2D eigenvalue weighted by molar-refractivity contribution is 6.37. The SMILES string of the molecule is CCC[NH+](CCC)C[C@@H](O)COc1c(Cl)cccc1Cl. The van der Waals surface area contributed by atoms with Gasteiger partial charge in [-0.25, -0.2) is 0 Å². The lowest BCUT2D eigenvalue weighted by molar-refractivity contribution is -0.903. The molecule has 0 aliphatic carbocycles. The predicted octanol–water partition coefficient (Wildman–Crippen LogP) is 2.44. The topological polar surface area (TPSA) is 33.9 Å². The average Bonchev–Trinajstić information content (AvgIpc) is 2.38. The van der Waals surface area contributed by atoms with Crippen LogP contribution in [0.3, 0.4) is 0 Å². The zero-order valence-electron chi connectivity index (χ0n) is 12.2. The van der Waals surface area contributed by atoms with Crippen LogP contribution in [-0.2, 0) is 0 Å². The monoisotopic (exact) mass is 320 g/mol. The molecule has 0 heterocycles. The van der Waals surface area contributed by atoms with E-state index in [0.717, 1.165) is 25.9 Å². The van der Waals surface area contributed by atoms with E-state index in [1.165, 1.54) is 4.90 Å². The number of hydrogen-bond acceptors (Lipinski definition) is 2. The summed E-state index contributed by atoms with van der Waals surface area (Å²) in [4.78, 5) is 1.40. The van der Waals surface area contributed by atoms with Crippen molar-refractivity contribution in [2.75, 3.05) is 26.2 Å². The summed E-state index contributed by atoms with van der Waals surface area (Å²) in [7, 11) is 0. The summed E-state index contributed by atoms with van der Waals surface area (Å²) in [5, 5.41) is 11.0. The maximum absolute atomic E-state index is 10.1. The van der Waals surface area contributed by atoms with Crippen molar-refractivity contribution in [1.82, 2.24) is 0 Å². The fraction of sp³-hybridized carbons (Fsp3) is 0.600. The fourth-order valence-corrected chi connectivity index (χ4v) is 2.73. The number of aliphatic hydroxyl groups excluding tert-OH is 1. The zero-order chi connectivity index (χ0) is 15.0. The number of aliphatic hydroxyl groups is 1. The summed E-state index contributed by atoms with van der Waals surface area (Å²) in [5.74, 6) is 0.447. The Balaban J connectivity index is 2.48. The molecule has 2 N–H and O–H groups in total. The molecule has 1 atom stereocenters. The Morgan fingerprint density at radius 2 is 1.70 bits per heavy atom. The summed E-state index contributed by atoms with van der Waals surface area (Å²) in [5.41, 5.74) is 0. The van der Waals surface area contributed by atoms with Crippen LogP contribution in [0.15, 0.2) is 18.2 Å². The highest BCUT2D eigenvalue weighted by Gasteiger charge is 2.16. The quantitative estimate of drug-likeness (QED) is 0.732. The second-order valence-electron chi connectivity index (χ2n) is 4.97. The standard InChI is InChI=1S/C15H23Cl2NO2/c1-3-8-18(9-4-2)10-12(19)11-20-15-13(16)6-5-7-14(15)17/h5-7,12,19H,3-4,8-11H2,1-2H3/p+1/t12-/m1/s1. The van der Waals surface area contributed by atoms with Crippen LogP contribution in [0.25, 0.3) is 0 Å². The summed E-state index contributed by atoms with van der Waals surface area (Å²) >= 11 is 12.0. The van der Waals surface area contributed by atoms with Gasteiger partial charge in [-0.2, -0.15) is 0 Å². The lowest BCUT2D eigenvalue weighted by atomic mass is 10.3. The molecule has 0 radical (unpaired) electrons. The first-order valence-corrected chi connectivity index (χ1v) is 7.92. The molecule has 1 aromatic rings. The summed E-state index contributed by atoms with van der Waals surface area (Å²) in [6.07, 6.45) is 1.70. The molecule has 0 bridgehead atoms. The molecular weight excluding hydrogens is 297 g/mol. The second-order valence-corrected chi connectivity index (χ2v) is 5.78. The average molecular weight is 321 g/mol. The lowest BCUT2D eigenvalue weighted by Gasteiger charge is -2.21. The molecule has 0 fully saturated rings. The first kappa shape index (κ1) is 17.6. The van der Waals surface area contributed by atoms with Gasteiger partial charge in [0.2, 0.25) is 0 Å². The van der Waals surface area contributed by atoms with Crippen molar-refractivity contribution in [3.63, 3.8) is 0 Å². The van der Waals surface area contributed by atoms with Crippen molar-refractivity contribution in [3.05, 3.63) is 28.2 Å². The Morgan fingerprint density at radius 3 is 2.20 bits per heavy atom. The maximum Gasteiger partial charge on any atom is 0.156 e. The normalized spacial score (nSPS) is 12.7. The molecule has 3 nitrogen and oxygen atoms in total. The van der Waals surface area contributed by atoms with E-state index in [9.17, 15) is 5.11 Å². The third-order valence-corrected chi connectivity index (χ3v) is 3.67. The Kier molecular flexibility index (Phi) is 8.31. The molecule has 0 aliphatic heterocycles. The van der Waals surface area contributed by atoms with E-state index in [2.05, 4.69) is 13.8 Å². The molecule has 20 heavy (non-hydrogen) atoms. The van der Waals surface area contributed by atoms with Crippen molar-refractivity contribution < 1.29 is 14.7 Å². The molecule has 0 saturated heterocycles. The maximum atomic E-state index is 10.1. The molecule has 0 saturated carbocycles. The van der Waals surface area contributed by atoms with Crippen molar-refractivity contribution in [2.24, 2.45) is 0 Å². The van der Waals surface area contributed by atoms with E-state index in [-0.39, 0.29) is 6.61 Å². The molecule has 114 valence electrons. The van der Waals surface area contributed by atoms with Crippen LogP contribution in [0.5, 0.6) is 5.75 Å². The van der Waals surface area contributed by atoms with Crippen LogP contribution in [-0.4, -0.2) is 37.5 Å². The van der Waals surface area contributed by atoms with Gasteiger partial charge in [0.25, 0.3) is 0 Å². The number of ether oxygens (including phenoxy) is 1. The van der Waals surface area contributed by atoms with Gasteiger partial charge in [-0.15, -0.1) is 0 Å². The number of para-hydroxylation sites is 1. The molecule has 0 spiro atoms. The number of rotatable bonds is 9. The van der Waals surface area contributed by atoms with Gasteiger partial charge < -0.3 is 14.7 Å². The molecule has 5 heteroatoms. The Morgan fingerprint density at radius 1 is 1.15 bits per heavy atom. The van der Waals surface area contributed by atoms with Gasteiger partial charge in [-0.05, 0) is 25.0 Å². The Labute approximate surface area is 131 Å². The van der Waals surface area contributed by atoms with Crippen molar-refractivity contribution >= 4 is 23.2 Å². The predicted molar refractivity (Wildman–Crippen MR) is 84.1 cm³/mol. The van der Waals surface area contributed by atoms with E-state index in [4.69, 9.17) is 27.9 Å². The molecule has 0 unspecified atom stereocenters. The van der Waals surface area contributed by atoms with E-state index in [1.807, 2.05) is 0 Å². The number of halogens is 2. The zero-order valence-corrected chi connectivity index (χ0v) is 13.7. The fourth-order valence-electron chi connectivity index (χ4n) is 2.23. The van der Waals surface area contributed by atoms with Crippen LogP contribution in [0.2, 0.25) is 10.0 Å². The third-order valence-electron chi connectivity index (χ3n) is 3.07. The summed E-state index contributed by atoms with van der Waals surface area (Å²) < 4.78 is 5.56. The number of quaternary nitrogens is 1. The molecule has 0 aromatic heterocycles. The highest BCUT2D eigenvalue weighted by Crippen LogP contribution is 2.32. The number of nitrogens with one attached hydrogen (secondary N) is 1. The van der Waals surface area contributed by atoms with E-state index in [1.54, 1.807) is 18.2 Å². The third kappa shape index (κ3) is 5.88. The highest BCUT2D eigenvalue weighted by atomic mass is 35.5. The number of benzene rings is 1. The largest absolute Gasteiger partial charge is 0.488 e. The van der Waals surface area contributed by atoms with Gasteiger partial charge in [-0.1, -0.05) is 43.1 Å². The van der Waals surface area contributed by atoms with Crippen LogP contribution in [0.1, 0.15) is 26.7 Å². The lowest BCUT2D eigenvalue weighted by Crippen LogP contribution is -3.13. The van der Waals surface area contributed by atoms with Gasteiger partial charge >= 0.3 is 0 Å².